The zero-order valence-corrected chi connectivity index (χ0v) is 18.4. The molecule has 1 aromatic heterocycles. The summed E-state index contributed by atoms with van der Waals surface area (Å²) in [5.74, 6) is 1.44. The number of piperidine rings is 1. The van der Waals surface area contributed by atoms with Crippen LogP contribution in [-0.4, -0.2) is 60.4 Å². The summed E-state index contributed by atoms with van der Waals surface area (Å²) in [4.78, 5) is 19.0. The molecule has 30 heavy (non-hydrogen) atoms. The summed E-state index contributed by atoms with van der Waals surface area (Å²) in [6.45, 7) is 1.51. The van der Waals surface area contributed by atoms with Crippen molar-refractivity contribution in [3.05, 3.63) is 52.7 Å². The van der Waals surface area contributed by atoms with Crippen molar-refractivity contribution in [2.24, 2.45) is 0 Å². The van der Waals surface area contributed by atoms with Gasteiger partial charge >= 0.3 is 0 Å². The first kappa shape index (κ1) is 21.3. The molecule has 2 fully saturated rings. The van der Waals surface area contributed by atoms with Crippen LogP contribution in [0.1, 0.15) is 48.8 Å². The molecule has 3 heterocycles. The number of oxazole rings is 1. The van der Waals surface area contributed by atoms with Crippen LogP contribution < -0.4 is 0 Å². The van der Waals surface area contributed by atoms with E-state index in [2.05, 4.69) is 4.98 Å². The van der Waals surface area contributed by atoms with Gasteiger partial charge in [0.05, 0.1) is 24.4 Å². The van der Waals surface area contributed by atoms with Crippen molar-refractivity contribution in [3.63, 3.8) is 0 Å². The van der Waals surface area contributed by atoms with Crippen LogP contribution in [0.15, 0.2) is 34.9 Å². The van der Waals surface area contributed by atoms with Gasteiger partial charge in [-0.2, -0.15) is 4.31 Å². The summed E-state index contributed by atoms with van der Waals surface area (Å²) in [7, 11) is -3.31. The van der Waals surface area contributed by atoms with E-state index in [1.54, 1.807) is 11.1 Å². The SMILES string of the molecule is O=C(CN1CCCCS1(=O)=O)N1CCCC(c2ncc(Cc3ccc(Cl)cc3)o2)C1. The fraction of sp³-hybridized carbons (Fsp3) is 0.524. The Balaban J connectivity index is 1.37. The minimum atomic E-state index is -3.31. The molecule has 1 aromatic carbocycles. The lowest BCUT2D eigenvalue weighted by Crippen LogP contribution is -2.48. The second-order valence-corrected chi connectivity index (χ2v) is 10.5. The van der Waals surface area contributed by atoms with E-state index >= 15 is 0 Å². The van der Waals surface area contributed by atoms with Gasteiger partial charge in [-0.25, -0.2) is 13.4 Å². The molecule has 9 heteroatoms. The molecule has 4 rings (SSSR count). The molecular weight excluding hydrogens is 426 g/mol. The van der Waals surface area contributed by atoms with Crippen molar-refractivity contribution in [1.29, 1.82) is 0 Å². The zero-order chi connectivity index (χ0) is 21.1. The molecule has 1 atom stereocenters. The second kappa shape index (κ2) is 9.08. The number of halogens is 1. The lowest BCUT2D eigenvalue weighted by molar-refractivity contribution is -0.132. The van der Waals surface area contributed by atoms with Gasteiger partial charge in [-0.1, -0.05) is 23.7 Å². The number of rotatable bonds is 5. The van der Waals surface area contributed by atoms with E-state index in [-0.39, 0.29) is 24.1 Å². The summed E-state index contributed by atoms with van der Waals surface area (Å²) in [5.41, 5.74) is 1.09. The number of hydrogen-bond donors (Lipinski definition) is 0. The summed E-state index contributed by atoms with van der Waals surface area (Å²) in [6, 6.07) is 7.61. The van der Waals surface area contributed by atoms with E-state index in [0.717, 1.165) is 30.6 Å². The quantitative estimate of drug-likeness (QED) is 0.697. The van der Waals surface area contributed by atoms with Gasteiger partial charge in [0.25, 0.3) is 0 Å². The van der Waals surface area contributed by atoms with E-state index < -0.39 is 10.0 Å². The molecule has 162 valence electrons. The van der Waals surface area contributed by atoms with Gasteiger partial charge in [-0.3, -0.25) is 4.79 Å². The summed E-state index contributed by atoms with van der Waals surface area (Å²) < 4.78 is 31.7. The molecule has 1 unspecified atom stereocenters. The predicted octanol–water partition coefficient (Wildman–Crippen LogP) is 3.05. The number of sulfonamides is 1. The van der Waals surface area contributed by atoms with E-state index in [4.69, 9.17) is 16.0 Å². The minimum Gasteiger partial charge on any atom is -0.445 e. The summed E-state index contributed by atoms with van der Waals surface area (Å²) >= 11 is 5.93. The number of aromatic nitrogens is 1. The molecule has 0 aliphatic carbocycles. The first-order valence-electron chi connectivity index (χ1n) is 10.4. The number of likely N-dealkylation sites (tertiary alicyclic amines) is 1. The standard InChI is InChI=1S/C21H26ClN3O4S/c22-18-7-5-16(6-8-18)12-19-13-23-21(29-19)17-4-3-9-24(14-17)20(26)15-25-10-1-2-11-30(25,27)28/h5-8,13,17H,1-4,9-12,14-15H2. The maximum absolute atomic E-state index is 12.8. The first-order chi connectivity index (χ1) is 14.4. The van der Waals surface area contributed by atoms with Crippen LogP contribution in [0.4, 0.5) is 0 Å². The van der Waals surface area contributed by atoms with Gasteiger partial charge in [0, 0.05) is 31.1 Å². The lowest BCUT2D eigenvalue weighted by atomic mass is 9.98. The van der Waals surface area contributed by atoms with Gasteiger partial charge < -0.3 is 9.32 Å². The van der Waals surface area contributed by atoms with E-state index in [1.165, 1.54) is 4.31 Å². The third kappa shape index (κ3) is 5.04. The molecule has 0 N–H and O–H groups in total. The van der Waals surface area contributed by atoms with Crippen molar-refractivity contribution in [1.82, 2.24) is 14.2 Å². The van der Waals surface area contributed by atoms with Gasteiger partial charge in [0.15, 0.2) is 5.89 Å². The molecule has 2 aromatic rings. The average molecular weight is 452 g/mol. The van der Waals surface area contributed by atoms with Gasteiger partial charge in [0.1, 0.15) is 5.76 Å². The van der Waals surface area contributed by atoms with E-state index in [1.807, 2.05) is 24.3 Å². The molecule has 0 bridgehead atoms. The lowest BCUT2D eigenvalue weighted by Gasteiger charge is -2.33. The van der Waals surface area contributed by atoms with E-state index in [9.17, 15) is 13.2 Å². The molecule has 0 spiro atoms. The highest BCUT2D eigenvalue weighted by Crippen LogP contribution is 2.28. The number of carbonyl (C=O) groups excluding carboxylic acids is 1. The molecule has 7 nitrogen and oxygen atoms in total. The molecule has 2 saturated heterocycles. The predicted molar refractivity (Wildman–Crippen MR) is 114 cm³/mol. The van der Waals surface area contributed by atoms with E-state index in [0.29, 0.717) is 43.4 Å². The summed E-state index contributed by atoms with van der Waals surface area (Å²) in [6.07, 6.45) is 5.59. The van der Waals surface area contributed by atoms with Gasteiger partial charge in [-0.15, -0.1) is 0 Å². The highest BCUT2D eigenvalue weighted by Gasteiger charge is 2.32. The van der Waals surface area contributed by atoms with Crippen molar-refractivity contribution in [2.75, 3.05) is 31.9 Å². The molecular formula is C21H26ClN3O4S. The normalized spacial score (nSPS) is 22.2. The molecule has 0 radical (unpaired) electrons. The topological polar surface area (TPSA) is 83.7 Å². The number of nitrogens with zero attached hydrogens (tertiary/aromatic N) is 3. The average Bonchev–Trinajstić information content (AvgIpc) is 3.20. The fourth-order valence-electron chi connectivity index (χ4n) is 4.07. The molecule has 0 saturated carbocycles. The Morgan fingerprint density at radius 2 is 1.97 bits per heavy atom. The van der Waals surface area contributed by atoms with Crippen molar-refractivity contribution in [3.8, 4) is 0 Å². The Labute approximate surface area is 182 Å². The van der Waals surface area contributed by atoms with Crippen LogP contribution in [-0.2, 0) is 21.2 Å². The summed E-state index contributed by atoms with van der Waals surface area (Å²) in [5, 5.41) is 0.696. The number of amides is 1. The maximum Gasteiger partial charge on any atom is 0.237 e. The zero-order valence-electron chi connectivity index (χ0n) is 16.8. The van der Waals surface area contributed by atoms with Crippen LogP contribution >= 0.6 is 11.6 Å². The number of hydrogen-bond acceptors (Lipinski definition) is 5. The second-order valence-electron chi connectivity index (χ2n) is 8.00. The Bertz CT molecular complexity index is 990. The smallest absolute Gasteiger partial charge is 0.237 e. The van der Waals surface area contributed by atoms with Gasteiger partial charge in [0.2, 0.25) is 15.9 Å². The van der Waals surface area contributed by atoms with Crippen LogP contribution in [0.2, 0.25) is 5.02 Å². The van der Waals surface area contributed by atoms with Crippen LogP contribution in [0.3, 0.4) is 0 Å². The number of benzene rings is 1. The molecule has 1 amide bonds. The van der Waals surface area contributed by atoms with Crippen molar-refractivity contribution < 1.29 is 17.6 Å². The maximum atomic E-state index is 12.8. The Kier molecular flexibility index (Phi) is 6.46. The largest absolute Gasteiger partial charge is 0.445 e. The Hall–Kier alpha value is -1.90. The third-order valence-corrected chi connectivity index (χ3v) is 7.91. The van der Waals surface area contributed by atoms with Crippen LogP contribution in [0.25, 0.3) is 0 Å². The molecule has 2 aliphatic rings. The molecule has 2 aliphatic heterocycles. The highest BCUT2D eigenvalue weighted by molar-refractivity contribution is 7.89. The Morgan fingerprint density at radius 1 is 1.17 bits per heavy atom. The van der Waals surface area contributed by atoms with Gasteiger partial charge in [-0.05, 0) is 43.4 Å². The van der Waals surface area contributed by atoms with Crippen molar-refractivity contribution in [2.45, 2.75) is 38.0 Å². The van der Waals surface area contributed by atoms with Crippen LogP contribution in [0, 0.1) is 0 Å². The highest BCUT2D eigenvalue weighted by atomic mass is 35.5. The monoisotopic (exact) mass is 451 g/mol. The minimum absolute atomic E-state index is 0.0274. The third-order valence-electron chi connectivity index (χ3n) is 5.75. The first-order valence-corrected chi connectivity index (χ1v) is 12.3. The van der Waals surface area contributed by atoms with Crippen molar-refractivity contribution >= 4 is 27.5 Å². The fourth-order valence-corrected chi connectivity index (χ4v) is 5.74. The number of carbonyl (C=O) groups is 1. The van der Waals surface area contributed by atoms with Crippen LogP contribution in [0.5, 0.6) is 0 Å². The Morgan fingerprint density at radius 3 is 2.73 bits per heavy atom.